The summed E-state index contributed by atoms with van der Waals surface area (Å²) in [5.41, 5.74) is 1.25. The molecule has 2 aliphatic rings. The van der Waals surface area contributed by atoms with Gasteiger partial charge in [0.15, 0.2) is 11.5 Å². The first-order chi connectivity index (χ1) is 13.0. The van der Waals surface area contributed by atoms with Crippen LogP contribution in [0.15, 0.2) is 18.2 Å². The van der Waals surface area contributed by atoms with Crippen LogP contribution in [-0.2, 0) is 16.1 Å². The normalized spacial score (nSPS) is 22.0. The molecule has 2 saturated heterocycles. The second kappa shape index (κ2) is 8.93. The van der Waals surface area contributed by atoms with Crippen molar-refractivity contribution in [1.82, 2.24) is 10.2 Å². The molecule has 1 aromatic carbocycles. The molecule has 0 bridgehead atoms. The molecule has 1 aromatic rings. The summed E-state index contributed by atoms with van der Waals surface area (Å²) < 4.78 is 17.4. The summed E-state index contributed by atoms with van der Waals surface area (Å²) in [5.74, 6) is 1.61. The maximum absolute atomic E-state index is 11.1. The molecular formula is C21H32N2O4. The number of hydrogen-bond acceptors (Lipinski definition) is 5. The van der Waals surface area contributed by atoms with Gasteiger partial charge in [-0.3, -0.25) is 9.69 Å². The van der Waals surface area contributed by atoms with Crippen molar-refractivity contribution >= 4 is 5.91 Å². The maximum atomic E-state index is 11.1. The molecule has 1 N–H and O–H groups in total. The number of amides is 1. The fourth-order valence-electron chi connectivity index (χ4n) is 4.13. The van der Waals surface area contributed by atoms with E-state index in [2.05, 4.69) is 22.3 Å². The third-order valence-corrected chi connectivity index (χ3v) is 5.62. The van der Waals surface area contributed by atoms with E-state index in [0.717, 1.165) is 56.8 Å². The predicted molar refractivity (Wildman–Crippen MR) is 104 cm³/mol. The van der Waals surface area contributed by atoms with Crippen molar-refractivity contribution in [3.05, 3.63) is 23.8 Å². The van der Waals surface area contributed by atoms with Crippen molar-refractivity contribution in [2.45, 2.75) is 57.8 Å². The molecular weight excluding hydrogens is 344 g/mol. The van der Waals surface area contributed by atoms with Gasteiger partial charge in [0.05, 0.1) is 25.4 Å². The van der Waals surface area contributed by atoms with Crippen molar-refractivity contribution in [3.8, 4) is 11.5 Å². The van der Waals surface area contributed by atoms with E-state index in [1.165, 1.54) is 5.56 Å². The summed E-state index contributed by atoms with van der Waals surface area (Å²) in [6.45, 7) is 7.77. The number of hydrogen-bond donors (Lipinski definition) is 1. The van der Waals surface area contributed by atoms with E-state index in [1.807, 2.05) is 13.0 Å². The van der Waals surface area contributed by atoms with E-state index in [0.29, 0.717) is 13.2 Å². The number of carbonyl (C=O) groups excluding carboxylic acids is 1. The molecule has 2 heterocycles. The molecule has 1 atom stereocenters. The largest absolute Gasteiger partial charge is 0.493 e. The summed E-state index contributed by atoms with van der Waals surface area (Å²) in [6, 6.07) is 6.18. The molecule has 0 aromatic heterocycles. The molecule has 1 spiro atoms. The molecule has 6 nitrogen and oxygen atoms in total. The maximum Gasteiger partial charge on any atom is 0.216 e. The van der Waals surface area contributed by atoms with Crippen LogP contribution in [0.2, 0.25) is 0 Å². The van der Waals surface area contributed by atoms with Gasteiger partial charge in [-0.15, -0.1) is 0 Å². The van der Waals surface area contributed by atoms with Gasteiger partial charge in [0.1, 0.15) is 0 Å². The first-order valence-electron chi connectivity index (χ1n) is 9.98. The highest BCUT2D eigenvalue weighted by Crippen LogP contribution is 2.39. The number of methoxy groups -OCH3 is 1. The van der Waals surface area contributed by atoms with E-state index < -0.39 is 0 Å². The number of ether oxygens (including phenoxy) is 3. The number of nitrogens with zero attached hydrogens (tertiary/aromatic N) is 1. The van der Waals surface area contributed by atoms with Gasteiger partial charge in [0, 0.05) is 33.1 Å². The average molecular weight is 376 g/mol. The summed E-state index contributed by atoms with van der Waals surface area (Å²) >= 11 is 0. The number of nitrogens with one attached hydrogen (secondary N) is 1. The monoisotopic (exact) mass is 376 g/mol. The van der Waals surface area contributed by atoms with Crippen LogP contribution in [0.5, 0.6) is 11.5 Å². The van der Waals surface area contributed by atoms with Crippen LogP contribution in [0.25, 0.3) is 0 Å². The predicted octanol–water partition coefficient (Wildman–Crippen LogP) is 2.74. The van der Waals surface area contributed by atoms with Gasteiger partial charge in [-0.05, 0) is 50.3 Å². The number of piperidine rings is 1. The zero-order valence-electron chi connectivity index (χ0n) is 16.8. The smallest absolute Gasteiger partial charge is 0.216 e. The topological polar surface area (TPSA) is 60.0 Å². The second-order valence-corrected chi connectivity index (χ2v) is 7.59. The van der Waals surface area contributed by atoms with Gasteiger partial charge >= 0.3 is 0 Å². The Morgan fingerprint density at radius 3 is 2.74 bits per heavy atom. The lowest BCUT2D eigenvalue weighted by molar-refractivity contribution is -0.120. The SMILES string of the molecule is CCOc1cc(CN2CCC3(CC[C@@H](CNC(C)=O)O3)CC2)ccc1OC. The standard InChI is InChI=1S/C21H32N2O4/c1-4-26-20-13-17(5-6-19(20)25-3)15-23-11-9-21(10-12-23)8-7-18(27-21)14-22-16(2)24/h5-6,13,18H,4,7-12,14-15H2,1-3H3,(H,22,24)/t18-/m0/s1. The minimum atomic E-state index is 0.00995. The van der Waals surface area contributed by atoms with Crippen LogP contribution in [-0.4, -0.2) is 55.9 Å². The molecule has 0 unspecified atom stereocenters. The van der Waals surface area contributed by atoms with Crippen LogP contribution in [0.1, 0.15) is 45.1 Å². The summed E-state index contributed by atoms with van der Waals surface area (Å²) in [4.78, 5) is 13.6. The molecule has 27 heavy (non-hydrogen) atoms. The van der Waals surface area contributed by atoms with Crippen LogP contribution in [0.3, 0.4) is 0 Å². The van der Waals surface area contributed by atoms with E-state index >= 15 is 0 Å². The van der Waals surface area contributed by atoms with E-state index in [-0.39, 0.29) is 17.6 Å². The summed E-state index contributed by atoms with van der Waals surface area (Å²) in [6.07, 6.45) is 4.41. The summed E-state index contributed by atoms with van der Waals surface area (Å²) in [7, 11) is 1.67. The van der Waals surface area contributed by atoms with Crippen molar-refractivity contribution < 1.29 is 19.0 Å². The van der Waals surface area contributed by atoms with Gasteiger partial charge in [-0.25, -0.2) is 0 Å². The lowest BCUT2D eigenvalue weighted by Gasteiger charge is -2.39. The van der Waals surface area contributed by atoms with Gasteiger partial charge in [0.25, 0.3) is 0 Å². The quantitative estimate of drug-likeness (QED) is 0.793. The molecule has 3 rings (SSSR count). The van der Waals surface area contributed by atoms with Gasteiger partial charge in [-0.1, -0.05) is 6.07 Å². The van der Waals surface area contributed by atoms with Crippen molar-refractivity contribution in [1.29, 1.82) is 0 Å². The van der Waals surface area contributed by atoms with Crippen molar-refractivity contribution in [2.75, 3.05) is 33.4 Å². The van der Waals surface area contributed by atoms with Gasteiger partial charge in [0.2, 0.25) is 5.91 Å². The number of rotatable bonds is 7. The molecule has 150 valence electrons. The second-order valence-electron chi connectivity index (χ2n) is 7.59. The van der Waals surface area contributed by atoms with Crippen LogP contribution in [0, 0.1) is 0 Å². The molecule has 0 radical (unpaired) electrons. The lowest BCUT2D eigenvalue weighted by Crippen LogP contribution is -2.44. The third kappa shape index (κ3) is 5.14. The molecule has 1 amide bonds. The Labute approximate surface area is 162 Å². The first kappa shape index (κ1) is 20.0. The Bertz CT molecular complexity index is 641. The highest BCUT2D eigenvalue weighted by Gasteiger charge is 2.42. The van der Waals surface area contributed by atoms with Crippen molar-refractivity contribution in [3.63, 3.8) is 0 Å². The van der Waals surface area contributed by atoms with Crippen LogP contribution in [0.4, 0.5) is 0 Å². The molecule has 0 aliphatic carbocycles. The zero-order chi connectivity index (χ0) is 19.3. The Morgan fingerprint density at radius 2 is 2.07 bits per heavy atom. The Hall–Kier alpha value is -1.79. The Kier molecular flexibility index (Phi) is 6.60. The Balaban J connectivity index is 1.51. The van der Waals surface area contributed by atoms with Crippen LogP contribution >= 0.6 is 0 Å². The van der Waals surface area contributed by atoms with Gasteiger partial charge < -0.3 is 19.5 Å². The highest BCUT2D eigenvalue weighted by atomic mass is 16.5. The number of benzene rings is 1. The minimum absolute atomic E-state index is 0.00995. The fraction of sp³-hybridized carbons (Fsp3) is 0.667. The first-order valence-corrected chi connectivity index (χ1v) is 9.98. The van der Waals surface area contributed by atoms with E-state index in [9.17, 15) is 4.79 Å². The summed E-state index contributed by atoms with van der Waals surface area (Å²) in [5, 5.41) is 2.88. The van der Waals surface area contributed by atoms with Gasteiger partial charge in [-0.2, -0.15) is 0 Å². The highest BCUT2D eigenvalue weighted by molar-refractivity contribution is 5.72. The average Bonchev–Trinajstić information content (AvgIpc) is 3.06. The van der Waals surface area contributed by atoms with E-state index in [4.69, 9.17) is 14.2 Å². The Morgan fingerprint density at radius 1 is 1.30 bits per heavy atom. The molecule has 0 saturated carbocycles. The number of likely N-dealkylation sites (tertiary alicyclic amines) is 1. The molecule has 2 aliphatic heterocycles. The molecule has 2 fully saturated rings. The number of carbonyl (C=O) groups is 1. The van der Waals surface area contributed by atoms with Crippen molar-refractivity contribution in [2.24, 2.45) is 0 Å². The lowest BCUT2D eigenvalue weighted by atomic mass is 9.88. The minimum Gasteiger partial charge on any atom is -0.493 e. The van der Waals surface area contributed by atoms with E-state index in [1.54, 1.807) is 14.0 Å². The third-order valence-electron chi connectivity index (χ3n) is 5.62. The molecule has 6 heteroatoms. The zero-order valence-corrected chi connectivity index (χ0v) is 16.8. The van der Waals surface area contributed by atoms with Crippen LogP contribution < -0.4 is 14.8 Å². The fourth-order valence-corrected chi connectivity index (χ4v) is 4.13.